The van der Waals surface area contributed by atoms with Gasteiger partial charge < -0.3 is 9.47 Å². The highest BCUT2D eigenvalue weighted by atomic mass is 79.9. The first-order valence-electron chi connectivity index (χ1n) is 3.99. The van der Waals surface area contributed by atoms with Crippen LogP contribution in [-0.4, -0.2) is 25.4 Å². The highest BCUT2D eigenvalue weighted by Crippen LogP contribution is 2.26. The molecule has 0 spiro atoms. The van der Waals surface area contributed by atoms with E-state index in [9.17, 15) is 0 Å². The number of thiophene rings is 1. The Balaban J connectivity index is 0.000000379. The molecule has 1 aliphatic rings. The first-order valence-corrected chi connectivity index (χ1v) is 7.21. The third-order valence-electron chi connectivity index (χ3n) is 1.40. The van der Waals surface area contributed by atoms with Gasteiger partial charge in [-0.1, -0.05) is 22.0 Å². The molecule has 1 aromatic heterocycles. The summed E-state index contributed by atoms with van der Waals surface area (Å²) in [5, 5.41) is 2.03. The van der Waals surface area contributed by atoms with Crippen molar-refractivity contribution >= 4 is 38.9 Å². The number of hydrogen-bond acceptors (Lipinski definition) is 3. The molecule has 2 nitrogen and oxygen atoms in total. The average Bonchev–Trinajstić information content (AvgIpc) is 2.96. The van der Waals surface area contributed by atoms with E-state index in [-0.39, 0.29) is 6.29 Å². The summed E-state index contributed by atoms with van der Waals surface area (Å²) in [7, 11) is 0. The Bertz CT molecular complexity index is 201. The Morgan fingerprint density at radius 3 is 2.36 bits per heavy atom. The molecular formula is C9H14BrClO2S. The smallest absolute Gasteiger partial charge is 0.193 e. The molecule has 0 bridgehead atoms. The maximum atomic E-state index is 5.29. The third-order valence-corrected chi connectivity index (χ3v) is 2.29. The van der Waals surface area contributed by atoms with Gasteiger partial charge >= 0.3 is 0 Å². The minimum absolute atomic E-state index is 0.0833. The standard InChI is InChI=1S/C7H8O2S.CH3Br.CH3Cl/c1-2-6(10-5-1)7-8-3-4-9-7;2*1-2/h1-2,5,7H,3-4H2;2*1H3. The summed E-state index contributed by atoms with van der Waals surface area (Å²) in [6.07, 6.45) is 1.39. The van der Waals surface area contributed by atoms with Crippen molar-refractivity contribution in [1.29, 1.82) is 0 Å². The van der Waals surface area contributed by atoms with Crippen LogP contribution in [0.1, 0.15) is 11.2 Å². The van der Waals surface area contributed by atoms with Crippen LogP contribution in [0.3, 0.4) is 0 Å². The second-order valence-corrected chi connectivity index (χ2v) is 3.07. The van der Waals surface area contributed by atoms with Crippen LogP contribution in [0.2, 0.25) is 0 Å². The average molecular weight is 302 g/mol. The maximum absolute atomic E-state index is 5.29. The van der Waals surface area contributed by atoms with Crippen LogP contribution in [0.5, 0.6) is 0 Å². The lowest BCUT2D eigenvalue weighted by Crippen LogP contribution is -1.93. The minimum atomic E-state index is -0.0833. The van der Waals surface area contributed by atoms with E-state index in [2.05, 4.69) is 27.5 Å². The van der Waals surface area contributed by atoms with Crippen LogP contribution >= 0.6 is 38.9 Å². The Morgan fingerprint density at radius 1 is 1.36 bits per heavy atom. The molecule has 0 saturated carbocycles. The largest absolute Gasteiger partial charge is 0.345 e. The number of hydrogen-bond donors (Lipinski definition) is 0. The zero-order chi connectivity index (χ0) is 10.8. The fourth-order valence-corrected chi connectivity index (χ4v) is 1.67. The maximum Gasteiger partial charge on any atom is 0.193 e. The van der Waals surface area contributed by atoms with E-state index in [1.54, 1.807) is 11.3 Å². The number of alkyl halides is 2. The van der Waals surface area contributed by atoms with Crippen LogP contribution in [0.25, 0.3) is 0 Å². The molecule has 82 valence electrons. The zero-order valence-corrected chi connectivity index (χ0v) is 11.4. The Morgan fingerprint density at radius 2 is 1.93 bits per heavy atom. The van der Waals surface area contributed by atoms with Crippen molar-refractivity contribution in [1.82, 2.24) is 0 Å². The van der Waals surface area contributed by atoms with E-state index in [0.29, 0.717) is 0 Å². The van der Waals surface area contributed by atoms with E-state index in [0.717, 1.165) is 18.1 Å². The van der Waals surface area contributed by atoms with Gasteiger partial charge in [0.2, 0.25) is 0 Å². The second-order valence-electron chi connectivity index (χ2n) is 2.09. The molecule has 5 heteroatoms. The van der Waals surface area contributed by atoms with E-state index in [1.165, 1.54) is 6.38 Å². The zero-order valence-electron chi connectivity index (χ0n) is 8.20. The molecule has 2 heterocycles. The van der Waals surface area contributed by atoms with Crippen molar-refractivity contribution in [2.75, 3.05) is 25.4 Å². The second kappa shape index (κ2) is 9.93. The van der Waals surface area contributed by atoms with Gasteiger partial charge in [0.25, 0.3) is 0 Å². The quantitative estimate of drug-likeness (QED) is 0.737. The molecule has 0 aliphatic carbocycles. The van der Waals surface area contributed by atoms with Crippen molar-refractivity contribution in [2.45, 2.75) is 6.29 Å². The monoisotopic (exact) mass is 300 g/mol. The molecule has 1 saturated heterocycles. The molecule has 2 rings (SSSR count). The molecule has 0 radical (unpaired) electrons. The molecule has 1 aliphatic heterocycles. The minimum Gasteiger partial charge on any atom is -0.345 e. The van der Waals surface area contributed by atoms with Gasteiger partial charge in [-0.05, 0) is 17.3 Å². The first kappa shape index (κ1) is 14.4. The molecular weight excluding hydrogens is 288 g/mol. The fourth-order valence-electron chi connectivity index (χ4n) is 0.948. The van der Waals surface area contributed by atoms with Crippen molar-refractivity contribution in [3.63, 3.8) is 0 Å². The van der Waals surface area contributed by atoms with Gasteiger partial charge in [-0.3, -0.25) is 0 Å². The van der Waals surface area contributed by atoms with Crippen LogP contribution in [-0.2, 0) is 9.47 Å². The van der Waals surface area contributed by atoms with Gasteiger partial charge in [-0.2, -0.15) is 0 Å². The summed E-state index contributed by atoms with van der Waals surface area (Å²) in [6.45, 7) is 1.45. The summed E-state index contributed by atoms with van der Waals surface area (Å²) >= 11 is 9.25. The van der Waals surface area contributed by atoms with Gasteiger partial charge in [0.05, 0.1) is 18.1 Å². The van der Waals surface area contributed by atoms with Gasteiger partial charge in [0, 0.05) is 6.38 Å². The van der Waals surface area contributed by atoms with E-state index < -0.39 is 0 Å². The SMILES string of the molecule is CBr.CCl.c1csc(C2OCCO2)c1. The number of rotatable bonds is 1. The summed E-state index contributed by atoms with van der Waals surface area (Å²) in [5.74, 6) is 1.81. The third kappa shape index (κ3) is 4.75. The summed E-state index contributed by atoms with van der Waals surface area (Å²) in [5.41, 5.74) is 0. The molecule has 1 aromatic rings. The van der Waals surface area contributed by atoms with Crippen LogP contribution < -0.4 is 0 Å². The van der Waals surface area contributed by atoms with E-state index >= 15 is 0 Å². The number of ether oxygens (including phenoxy) is 2. The molecule has 0 amide bonds. The Hall–Kier alpha value is 0.390. The molecule has 0 atom stereocenters. The highest BCUT2D eigenvalue weighted by Gasteiger charge is 2.18. The van der Waals surface area contributed by atoms with Crippen molar-refractivity contribution in [2.24, 2.45) is 0 Å². The normalized spacial score (nSPS) is 15.1. The summed E-state index contributed by atoms with van der Waals surface area (Å²) in [4.78, 5) is 1.16. The van der Waals surface area contributed by atoms with Gasteiger partial charge in [0.15, 0.2) is 6.29 Å². The lowest BCUT2D eigenvalue weighted by atomic mass is 10.5. The molecule has 0 unspecified atom stereocenters. The molecule has 0 aromatic carbocycles. The van der Waals surface area contributed by atoms with Crippen molar-refractivity contribution < 1.29 is 9.47 Å². The van der Waals surface area contributed by atoms with E-state index in [4.69, 9.17) is 9.47 Å². The Kier molecular flexibility index (Phi) is 10.2. The molecule has 14 heavy (non-hydrogen) atoms. The van der Waals surface area contributed by atoms with Gasteiger partial charge in [-0.15, -0.1) is 22.9 Å². The lowest BCUT2D eigenvalue weighted by Gasteiger charge is -2.03. The van der Waals surface area contributed by atoms with Crippen LogP contribution in [0.4, 0.5) is 0 Å². The number of halogens is 2. The topological polar surface area (TPSA) is 18.5 Å². The van der Waals surface area contributed by atoms with Crippen LogP contribution in [0.15, 0.2) is 17.5 Å². The lowest BCUT2D eigenvalue weighted by molar-refractivity contribution is -0.0413. The van der Waals surface area contributed by atoms with Crippen LogP contribution in [0, 0.1) is 0 Å². The van der Waals surface area contributed by atoms with E-state index in [1.807, 2.05) is 23.3 Å². The van der Waals surface area contributed by atoms with Gasteiger partial charge in [-0.25, -0.2) is 0 Å². The summed E-state index contributed by atoms with van der Waals surface area (Å²) in [6, 6.07) is 4.03. The highest BCUT2D eigenvalue weighted by molar-refractivity contribution is 9.08. The summed E-state index contributed by atoms with van der Waals surface area (Å²) < 4.78 is 10.6. The fraction of sp³-hybridized carbons (Fsp3) is 0.556. The van der Waals surface area contributed by atoms with Gasteiger partial charge in [0.1, 0.15) is 0 Å². The van der Waals surface area contributed by atoms with Crippen molar-refractivity contribution in [3.8, 4) is 0 Å². The molecule has 0 N–H and O–H groups in total. The first-order chi connectivity index (χ1) is 6.97. The molecule has 1 fully saturated rings. The predicted octanol–water partition coefficient (Wildman–Crippen LogP) is 3.66. The predicted molar refractivity (Wildman–Crippen MR) is 65.6 cm³/mol. The van der Waals surface area contributed by atoms with Crippen molar-refractivity contribution in [3.05, 3.63) is 22.4 Å². The Labute approximate surface area is 102 Å².